The lowest BCUT2D eigenvalue weighted by molar-refractivity contribution is -0.146. The Hall–Kier alpha value is -2.13. The fraction of sp³-hybridized carbons (Fsp3) is 0.222. The van der Waals surface area contributed by atoms with Gasteiger partial charge in [0.2, 0.25) is 10.0 Å². The maximum atomic E-state index is 12.3. The van der Waals surface area contributed by atoms with Gasteiger partial charge in [0.05, 0.1) is 11.4 Å². The number of nitrogens with zero attached hydrogens (tertiary/aromatic N) is 1. The molecule has 0 fully saturated rings. The van der Waals surface area contributed by atoms with Gasteiger partial charge >= 0.3 is 5.97 Å². The van der Waals surface area contributed by atoms with E-state index in [1.807, 2.05) is 0 Å². The third-order valence-electron chi connectivity index (χ3n) is 3.63. The van der Waals surface area contributed by atoms with Gasteiger partial charge in [-0.05, 0) is 29.8 Å². The maximum absolute atomic E-state index is 12.3. The number of rotatable bonds is 7. The number of sulfonamides is 1. The third kappa shape index (κ3) is 5.68. The Morgan fingerprint density at radius 3 is 2.39 bits per heavy atom. The molecule has 28 heavy (non-hydrogen) atoms. The van der Waals surface area contributed by atoms with E-state index in [1.165, 1.54) is 32.3 Å². The van der Waals surface area contributed by atoms with Gasteiger partial charge in [-0.25, -0.2) is 12.7 Å². The highest BCUT2D eigenvalue weighted by Gasteiger charge is 2.21. The quantitative estimate of drug-likeness (QED) is 0.662. The number of nitrogens with one attached hydrogen (secondary N) is 1. The highest BCUT2D eigenvalue weighted by atomic mass is 35.5. The number of ether oxygens (including phenoxy) is 1. The van der Waals surface area contributed by atoms with Gasteiger partial charge in [0, 0.05) is 24.8 Å². The first-order valence-corrected chi connectivity index (χ1v) is 10.2. The van der Waals surface area contributed by atoms with Gasteiger partial charge in [-0.15, -0.1) is 0 Å². The molecule has 1 N–H and O–H groups in total. The van der Waals surface area contributed by atoms with Gasteiger partial charge in [-0.1, -0.05) is 41.4 Å². The van der Waals surface area contributed by atoms with Gasteiger partial charge in [-0.2, -0.15) is 0 Å². The summed E-state index contributed by atoms with van der Waals surface area (Å²) < 4.78 is 30.5. The van der Waals surface area contributed by atoms with Crippen molar-refractivity contribution in [3.05, 3.63) is 58.1 Å². The SMILES string of the molecule is CN(C)S(=O)(=O)c1cc(NC(=O)COC(=O)Cc2ccccc2Cl)ccc1Cl. The zero-order valence-corrected chi connectivity index (χ0v) is 17.4. The van der Waals surface area contributed by atoms with E-state index in [0.29, 0.717) is 10.6 Å². The second-order valence-corrected chi connectivity index (χ2v) is 8.84. The molecular formula is C18H18Cl2N2O5S. The summed E-state index contributed by atoms with van der Waals surface area (Å²) in [5.41, 5.74) is 0.794. The molecule has 2 rings (SSSR count). The van der Waals surface area contributed by atoms with Crippen LogP contribution in [-0.4, -0.2) is 45.3 Å². The lowest BCUT2D eigenvalue weighted by Crippen LogP contribution is -2.24. The van der Waals surface area contributed by atoms with E-state index in [-0.39, 0.29) is 22.0 Å². The van der Waals surface area contributed by atoms with E-state index in [1.54, 1.807) is 24.3 Å². The normalized spacial score (nSPS) is 11.3. The summed E-state index contributed by atoms with van der Waals surface area (Å²) in [4.78, 5) is 23.7. The monoisotopic (exact) mass is 444 g/mol. The summed E-state index contributed by atoms with van der Waals surface area (Å²) in [6.07, 6.45) is -0.0703. The minimum absolute atomic E-state index is 0.0258. The first-order valence-electron chi connectivity index (χ1n) is 8.02. The Kier molecular flexibility index (Phi) is 7.42. The average Bonchev–Trinajstić information content (AvgIpc) is 2.63. The molecule has 0 bridgehead atoms. The molecule has 7 nitrogen and oxygen atoms in total. The second kappa shape index (κ2) is 9.38. The molecule has 0 saturated heterocycles. The molecule has 2 aromatic rings. The maximum Gasteiger partial charge on any atom is 0.310 e. The van der Waals surface area contributed by atoms with Crippen LogP contribution in [-0.2, 0) is 30.8 Å². The Balaban J connectivity index is 1.98. The molecular weight excluding hydrogens is 427 g/mol. The number of esters is 1. The summed E-state index contributed by atoms with van der Waals surface area (Å²) in [6.45, 7) is -0.526. The van der Waals surface area contributed by atoms with E-state index in [2.05, 4.69) is 5.32 Å². The van der Waals surface area contributed by atoms with E-state index >= 15 is 0 Å². The van der Waals surface area contributed by atoms with Crippen LogP contribution in [0, 0.1) is 0 Å². The lowest BCUT2D eigenvalue weighted by atomic mass is 10.1. The predicted molar refractivity (Wildman–Crippen MR) is 107 cm³/mol. The number of anilines is 1. The highest BCUT2D eigenvalue weighted by Crippen LogP contribution is 2.26. The molecule has 0 radical (unpaired) electrons. The molecule has 0 unspecified atom stereocenters. The Morgan fingerprint density at radius 2 is 1.75 bits per heavy atom. The van der Waals surface area contributed by atoms with Crippen molar-refractivity contribution in [1.82, 2.24) is 4.31 Å². The fourth-order valence-corrected chi connectivity index (χ4v) is 3.76. The number of carbonyl (C=O) groups is 2. The molecule has 0 aromatic heterocycles. The van der Waals surface area contributed by atoms with Crippen molar-refractivity contribution in [2.75, 3.05) is 26.0 Å². The van der Waals surface area contributed by atoms with E-state index in [4.69, 9.17) is 27.9 Å². The minimum Gasteiger partial charge on any atom is -0.455 e. The van der Waals surface area contributed by atoms with Crippen LogP contribution in [0.1, 0.15) is 5.56 Å². The molecule has 2 aromatic carbocycles. The summed E-state index contributed by atoms with van der Waals surface area (Å²) >= 11 is 11.9. The van der Waals surface area contributed by atoms with Crippen LogP contribution in [0.2, 0.25) is 10.0 Å². The van der Waals surface area contributed by atoms with Crippen molar-refractivity contribution in [2.24, 2.45) is 0 Å². The van der Waals surface area contributed by atoms with Gasteiger partial charge in [0.15, 0.2) is 6.61 Å². The van der Waals surface area contributed by atoms with Crippen LogP contribution < -0.4 is 5.32 Å². The molecule has 0 aliphatic carbocycles. The Bertz CT molecular complexity index is 993. The van der Waals surface area contributed by atoms with Crippen molar-refractivity contribution < 1.29 is 22.7 Å². The van der Waals surface area contributed by atoms with Gasteiger partial charge < -0.3 is 10.1 Å². The molecule has 0 spiro atoms. The molecule has 0 atom stereocenters. The first kappa shape index (κ1) is 22.2. The smallest absolute Gasteiger partial charge is 0.310 e. The summed E-state index contributed by atoms with van der Waals surface area (Å²) in [5, 5.41) is 2.92. The molecule has 0 saturated carbocycles. The number of carbonyl (C=O) groups excluding carboxylic acids is 2. The van der Waals surface area contributed by atoms with Crippen molar-refractivity contribution in [3.63, 3.8) is 0 Å². The van der Waals surface area contributed by atoms with Crippen LogP contribution in [0.4, 0.5) is 5.69 Å². The molecule has 10 heteroatoms. The lowest BCUT2D eigenvalue weighted by Gasteiger charge is -2.14. The second-order valence-electron chi connectivity index (χ2n) is 5.91. The molecule has 0 aliphatic rings. The van der Waals surface area contributed by atoms with Crippen molar-refractivity contribution in [3.8, 4) is 0 Å². The van der Waals surface area contributed by atoms with E-state index in [0.717, 1.165) is 4.31 Å². The molecule has 150 valence electrons. The van der Waals surface area contributed by atoms with Crippen molar-refractivity contribution in [2.45, 2.75) is 11.3 Å². The number of hydrogen-bond acceptors (Lipinski definition) is 5. The number of amides is 1. The van der Waals surface area contributed by atoms with Gasteiger partial charge in [0.1, 0.15) is 4.90 Å². The Labute approximate surface area is 173 Å². The fourth-order valence-electron chi connectivity index (χ4n) is 2.17. The summed E-state index contributed by atoms with van der Waals surface area (Å²) in [5.74, 6) is -1.24. The van der Waals surface area contributed by atoms with Crippen LogP contribution in [0.15, 0.2) is 47.4 Å². The van der Waals surface area contributed by atoms with Crippen LogP contribution in [0.25, 0.3) is 0 Å². The largest absolute Gasteiger partial charge is 0.455 e. The topological polar surface area (TPSA) is 92.8 Å². The third-order valence-corrected chi connectivity index (χ3v) is 6.30. The van der Waals surface area contributed by atoms with Crippen molar-refractivity contribution in [1.29, 1.82) is 0 Å². The van der Waals surface area contributed by atoms with Gasteiger partial charge in [0.25, 0.3) is 5.91 Å². The molecule has 1 amide bonds. The van der Waals surface area contributed by atoms with Crippen LogP contribution in [0.3, 0.4) is 0 Å². The molecule has 0 heterocycles. The summed E-state index contributed by atoms with van der Waals surface area (Å²) in [6, 6.07) is 10.8. The number of benzene rings is 2. The zero-order valence-electron chi connectivity index (χ0n) is 15.1. The standard InChI is InChI=1S/C18H18Cl2N2O5S/c1-22(2)28(25,26)16-10-13(7-8-15(16)20)21-17(23)11-27-18(24)9-12-5-3-4-6-14(12)19/h3-8,10H,9,11H2,1-2H3,(H,21,23). The van der Waals surface area contributed by atoms with E-state index in [9.17, 15) is 18.0 Å². The number of hydrogen-bond donors (Lipinski definition) is 1. The van der Waals surface area contributed by atoms with E-state index < -0.39 is 28.5 Å². The first-order chi connectivity index (χ1) is 13.1. The summed E-state index contributed by atoms with van der Waals surface area (Å²) in [7, 11) is -1.04. The average molecular weight is 445 g/mol. The van der Waals surface area contributed by atoms with Gasteiger partial charge in [-0.3, -0.25) is 9.59 Å². The van der Waals surface area contributed by atoms with Crippen LogP contribution >= 0.6 is 23.2 Å². The molecule has 0 aliphatic heterocycles. The highest BCUT2D eigenvalue weighted by molar-refractivity contribution is 7.89. The minimum atomic E-state index is -3.78. The Morgan fingerprint density at radius 1 is 1.07 bits per heavy atom. The van der Waals surface area contributed by atoms with Crippen LogP contribution in [0.5, 0.6) is 0 Å². The number of halogens is 2. The zero-order chi connectivity index (χ0) is 20.9. The predicted octanol–water partition coefficient (Wildman–Crippen LogP) is 2.97. The van der Waals surface area contributed by atoms with Crippen molar-refractivity contribution >= 4 is 50.8 Å².